The van der Waals surface area contributed by atoms with Crippen LogP contribution in [0, 0.1) is 9.39 Å². The molecule has 9 nitrogen and oxygen atoms in total. The van der Waals surface area contributed by atoms with E-state index >= 15 is 0 Å². The van der Waals surface area contributed by atoms with Crippen LogP contribution < -0.4 is 14.8 Å². The van der Waals surface area contributed by atoms with E-state index in [0.29, 0.717) is 42.1 Å². The topological polar surface area (TPSA) is 118 Å². The first-order chi connectivity index (χ1) is 21.7. The highest BCUT2D eigenvalue weighted by atomic mass is 127. The molecule has 1 fully saturated rings. The molecule has 0 aliphatic carbocycles. The van der Waals surface area contributed by atoms with Crippen molar-refractivity contribution in [1.82, 2.24) is 4.90 Å². The molecular formula is C33H25FIN3O6S. The fourth-order valence-corrected chi connectivity index (χ4v) is 6.04. The van der Waals surface area contributed by atoms with E-state index in [4.69, 9.17) is 14.5 Å². The van der Waals surface area contributed by atoms with Crippen molar-refractivity contribution in [2.45, 2.75) is 6.54 Å². The summed E-state index contributed by atoms with van der Waals surface area (Å²) < 4.78 is 25.1. The number of aromatic carboxylic acids is 1. The minimum Gasteiger partial charge on any atom is -0.493 e. The number of amides is 2. The quantitative estimate of drug-likeness (QED) is 0.134. The number of ether oxygens (including phenoxy) is 2. The highest BCUT2D eigenvalue weighted by Crippen LogP contribution is 2.38. The third-order valence-corrected chi connectivity index (χ3v) is 8.24. The van der Waals surface area contributed by atoms with Crippen molar-refractivity contribution < 1.29 is 33.4 Å². The third kappa shape index (κ3) is 8.08. The first-order valence-corrected chi connectivity index (χ1v) is 15.3. The fraction of sp³-hybridized carbons (Fsp3) is 0.0909. The van der Waals surface area contributed by atoms with Crippen molar-refractivity contribution in [1.29, 1.82) is 0 Å². The molecule has 0 unspecified atom stereocenters. The monoisotopic (exact) mass is 737 g/mol. The van der Waals surface area contributed by atoms with Crippen LogP contribution in [0.2, 0.25) is 0 Å². The second-order valence-corrected chi connectivity index (χ2v) is 11.8. The number of anilines is 1. The summed E-state index contributed by atoms with van der Waals surface area (Å²) in [5, 5.41) is 12.4. The lowest BCUT2D eigenvalue weighted by atomic mass is 10.1. The smallest absolute Gasteiger partial charge is 0.335 e. The minimum absolute atomic E-state index is 0.157. The standard InChI is InChI=1S/C33H25FIN3O6S/c1-43-27-16-21(15-26(35)30(27)44-19-29(39)36-25-13-11-23(34)12-14-25)17-28-31(40)38(18-20-7-9-22(10-8-20)32(41)42)33(45-28)37-24-5-3-2-4-6-24/h2-17H,18-19H2,1H3,(H,36,39)(H,41,42)/b28-17-,37-33?. The molecule has 0 saturated carbocycles. The van der Waals surface area contributed by atoms with Crippen LogP contribution in [0.1, 0.15) is 21.5 Å². The number of carbonyl (C=O) groups is 3. The van der Waals surface area contributed by atoms with Crippen LogP contribution in [-0.2, 0) is 16.1 Å². The fourth-order valence-electron chi connectivity index (χ4n) is 4.26. The number of carboxylic acid groups (broad SMARTS) is 1. The summed E-state index contributed by atoms with van der Waals surface area (Å²) >= 11 is 3.30. The highest BCUT2D eigenvalue weighted by Gasteiger charge is 2.33. The maximum Gasteiger partial charge on any atom is 0.335 e. The molecule has 12 heteroatoms. The van der Waals surface area contributed by atoms with Crippen molar-refractivity contribution in [3.8, 4) is 11.5 Å². The molecule has 0 radical (unpaired) electrons. The molecule has 1 saturated heterocycles. The van der Waals surface area contributed by atoms with Gasteiger partial charge >= 0.3 is 5.97 Å². The molecule has 0 bridgehead atoms. The van der Waals surface area contributed by atoms with E-state index in [1.54, 1.807) is 35.2 Å². The molecular weight excluding hydrogens is 712 g/mol. The van der Waals surface area contributed by atoms with Crippen LogP contribution in [-0.4, -0.2) is 46.7 Å². The first-order valence-electron chi connectivity index (χ1n) is 13.4. The number of hydrogen-bond acceptors (Lipinski definition) is 7. The molecule has 1 aliphatic rings. The molecule has 1 heterocycles. The lowest BCUT2D eigenvalue weighted by Gasteiger charge is -2.16. The Kier molecular flexibility index (Phi) is 10.1. The van der Waals surface area contributed by atoms with E-state index < -0.39 is 17.7 Å². The number of thioether (sulfide) groups is 1. The number of carbonyl (C=O) groups excluding carboxylic acids is 2. The van der Waals surface area contributed by atoms with Crippen molar-refractivity contribution in [3.05, 3.63) is 122 Å². The van der Waals surface area contributed by atoms with Gasteiger partial charge in [-0.3, -0.25) is 14.5 Å². The summed E-state index contributed by atoms with van der Waals surface area (Å²) in [7, 11) is 1.48. The average molecular weight is 738 g/mol. The molecule has 2 amide bonds. The number of para-hydroxylation sites is 1. The van der Waals surface area contributed by atoms with E-state index in [-0.39, 0.29) is 24.6 Å². The number of nitrogens with zero attached hydrogens (tertiary/aromatic N) is 2. The van der Waals surface area contributed by atoms with Gasteiger partial charge in [0.25, 0.3) is 11.8 Å². The second-order valence-electron chi connectivity index (χ2n) is 9.61. The molecule has 0 aromatic heterocycles. The molecule has 2 N–H and O–H groups in total. The number of hydrogen-bond donors (Lipinski definition) is 2. The average Bonchev–Trinajstić information content (AvgIpc) is 3.30. The summed E-state index contributed by atoms with van der Waals surface area (Å²) in [4.78, 5) is 44.1. The Morgan fingerprint density at radius 2 is 1.76 bits per heavy atom. The van der Waals surface area contributed by atoms with Crippen LogP contribution in [0.4, 0.5) is 15.8 Å². The normalized spacial score (nSPS) is 14.6. The largest absolute Gasteiger partial charge is 0.493 e. The van der Waals surface area contributed by atoms with Crippen LogP contribution in [0.25, 0.3) is 6.08 Å². The lowest BCUT2D eigenvalue weighted by Crippen LogP contribution is -2.28. The summed E-state index contributed by atoms with van der Waals surface area (Å²) in [5.41, 5.74) is 2.69. The van der Waals surface area contributed by atoms with Crippen molar-refractivity contribution >= 4 is 74.8 Å². The van der Waals surface area contributed by atoms with Crippen LogP contribution >= 0.6 is 34.4 Å². The number of aliphatic imine (C=N–C) groups is 1. The van der Waals surface area contributed by atoms with Gasteiger partial charge in [-0.2, -0.15) is 0 Å². The van der Waals surface area contributed by atoms with E-state index in [2.05, 4.69) is 27.9 Å². The summed E-state index contributed by atoms with van der Waals surface area (Å²) in [6.07, 6.45) is 1.73. The van der Waals surface area contributed by atoms with Gasteiger partial charge in [0.2, 0.25) is 0 Å². The number of methoxy groups -OCH3 is 1. The maximum atomic E-state index is 13.7. The predicted molar refractivity (Wildman–Crippen MR) is 179 cm³/mol. The number of amidine groups is 1. The lowest BCUT2D eigenvalue weighted by molar-refractivity contribution is -0.122. The van der Waals surface area contributed by atoms with Crippen LogP contribution in [0.15, 0.2) is 101 Å². The van der Waals surface area contributed by atoms with E-state index in [9.17, 15) is 23.9 Å². The number of carboxylic acids is 1. The molecule has 4 aromatic rings. The Morgan fingerprint density at radius 1 is 1.04 bits per heavy atom. The molecule has 5 rings (SSSR count). The van der Waals surface area contributed by atoms with E-state index in [1.807, 2.05) is 30.3 Å². The van der Waals surface area contributed by atoms with Gasteiger partial charge in [-0.05, 0) is 112 Å². The predicted octanol–water partition coefficient (Wildman–Crippen LogP) is 6.96. The van der Waals surface area contributed by atoms with Crippen LogP contribution in [0.3, 0.4) is 0 Å². The zero-order valence-electron chi connectivity index (χ0n) is 23.7. The second kappa shape index (κ2) is 14.4. The molecule has 1 aliphatic heterocycles. The highest BCUT2D eigenvalue weighted by molar-refractivity contribution is 14.1. The Balaban J connectivity index is 1.37. The number of rotatable bonds is 10. The van der Waals surface area contributed by atoms with Gasteiger partial charge in [-0.15, -0.1) is 0 Å². The molecule has 0 spiro atoms. The van der Waals surface area contributed by atoms with Crippen molar-refractivity contribution in [3.63, 3.8) is 0 Å². The third-order valence-electron chi connectivity index (χ3n) is 6.44. The van der Waals surface area contributed by atoms with Gasteiger partial charge in [0.15, 0.2) is 23.3 Å². The number of halogens is 2. The Hall–Kier alpha value is -4.69. The number of nitrogens with one attached hydrogen (secondary N) is 1. The molecule has 4 aromatic carbocycles. The summed E-state index contributed by atoms with van der Waals surface area (Å²) in [5.74, 6) is -1.40. The van der Waals surface area contributed by atoms with Gasteiger partial charge in [0, 0.05) is 5.69 Å². The Labute approximate surface area is 275 Å². The summed E-state index contributed by atoms with van der Waals surface area (Å²) in [6.45, 7) is -0.109. The van der Waals surface area contributed by atoms with Crippen LogP contribution in [0.5, 0.6) is 11.5 Å². The molecule has 45 heavy (non-hydrogen) atoms. The van der Waals surface area contributed by atoms with Gasteiger partial charge in [0.05, 0.1) is 33.4 Å². The van der Waals surface area contributed by atoms with E-state index in [0.717, 1.165) is 5.56 Å². The van der Waals surface area contributed by atoms with Crippen molar-refractivity contribution in [2.24, 2.45) is 4.99 Å². The van der Waals surface area contributed by atoms with Gasteiger partial charge < -0.3 is 19.9 Å². The first kappa shape index (κ1) is 31.7. The summed E-state index contributed by atoms with van der Waals surface area (Å²) in [6, 6.07) is 24.5. The van der Waals surface area contributed by atoms with E-state index in [1.165, 1.54) is 55.3 Å². The minimum atomic E-state index is -1.03. The van der Waals surface area contributed by atoms with Crippen molar-refractivity contribution in [2.75, 3.05) is 19.0 Å². The Morgan fingerprint density at radius 3 is 2.42 bits per heavy atom. The maximum absolute atomic E-state index is 13.7. The number of benzene rings is 4. The van der Waals surface area contributed by atoms with Gasteiger partial charge in [0.1, 0.15) is 5.82 Å². The zero-order valence-corrected chi connectivity index (χ0v) is 26.7. The SMILES string of the molecule is COc1cc(/C=C2\SC(=Nc3ccccc3)N(Cc3ccc(C(=O)O)cc3)C2=O)cc(I)c1OCC(=O)Nc1ccc(F)cc1. The Bertz CT molecular complexity index is 1800. The molecule has 228 valence electrons. The zero-order chi connectivity index (χ0) is 31.9. The van der Waals surface area contributed by atoms with Gasteiger partial charge in [-0.25, -0.2) is 14.2 Å². The molecule has 0 atom stereocenters. The van der Waals surface area contributed by atoms with Gasteiger partial charge in [-0.1, -0.05) is 30.3 Å².